The third-order valence-corrected chi connectivity index (χ3v) is 5.51. The number of hydrogen-bond donors (Lipinski definition) is 0. The molecule has 0 aromatic heterocycles. The Labute approximate surface area is 168 Å². The van der Waals surface area contributed by atoms with Gasteiger partial charge in [-0.15, -0.1) is 0 Å². The molecule has 3 nitrogen and oxygen atoms in total. The molecule has 150 valence electrons. The van der Waals surface area contributed by atoms with Gasteiger partial charge in [-0.05, 0) is 23.9 Å². The van der Waals surface area contributed by atoms with Crippen LogP contribution >= 0.6 is 0 Å². The number of hydrogen-bond acceptors (Lipinski definition) is 3. The van der Waals surface area contributed by atoms with E-state index in [1.54, 1.807) is 6.08 Å². The average molecular weight is 397 g/mol. The molecular weight excluding hydrogens is 375 g/mol. The van der Waals surface area contributed by atoms with Gasteiger partial charge in [-0.2, -0.15) is 13.2 Å². The Morgan fingerprint density at radius 1 is 1.10 bits per heavy atom. The molecule has 0 spiro atoms. The van der Waals surface area contributed by atoms with Crippen LogP contribution in [0.15, 0.2) is 64.7 Å². The molecule has 6 heteroatoms. The van der Waals surface area contributed by atoms with Crippen LogP contribution in [-0.2, 0) is 0 Å². The van der Waals surface area contributed by atoms with Crippen molar-refractivity contribution < 1.29 is 13.2 Å². The third-order valence-electron chi connectivity index (χ3n) is 5.51. The maximum absolute atomic E-state index is 13.6. The predicted octanol–water partition coefficient (Wildman–Crippen LogP) is 5.33. The lowest BCUT2D eigenvalue weighted by molar-refractivity contribution is -0.0945. The van der Waals surface area contributed by atoms with Gasteiger partial charge in [0, 0.05) is 43.4 Å². The zero-order chi connectivity index (χ0) is 20.9. The molecule has 0 N–H and O–H groups in total. The van der Waals surface area contributed by atoms with Gasteiger partial charge in [0.25, 0.3) is 0 Å². The molecule has 4 rings (SSSR count). The Kier molecular flexibility index (Phi) is 4.52. The number of aliphatic imine (C=N–C) groups is 1. The largest absolute Gasteiger partial charge is 0.415 e. The quantitative estimate of drug-likeness (QED) is 0.682. The average Bonchev–Trinajstić information content (AvgIpc) is 2.67. The molecule has 0 saturated carbocycles. The Morgan fingerprint density at radius 2 is 1.79 bits per heavy atom. The van der Waals surface area contributed by atoms with E-state index in [2.05, 4.69) is 23.2 Å². The van der Waals surface area contributed by atoms with Crippen molar-refractivity contribution in [3.63, 3.8) is 0 Å². The summed E-state index contributed by atoms with van der Waals surface area (Å²) in [4.78, 5) is 8.04. The minimum Gasteiger partial charge on any atom is -0.377 e. The SMILES string of the molecule is Cc1c(C2=C3C=CC=C(C(F)(F)F)C3N=CN2C)cc(N(C)C)c2ccccc12. The van der Waals surface area contributed by atoms with Crippen molar-refractivity contribution in [2.75, 3.05) is 26.0 Å². The molecule has 0 amide bonds. The lowest BCUT2D eigenvalue weighted by atomic mass is 9.86. The molecule has 1 heterocycles. The van der Waals surface area contributed by atoms with Crippen LogP contribution in [0.4, 0.5) is 18.9 Å². The van der Waals surface area contributed by atoms with E-state index in [0.29, 0.717) is 5.57 Å². The van der Waals surface area contributed by atoms with Gasteiger partial charge in [0.05, 0.1) is 17.6 Å². The second-order valence-corrected chi connectivity index (χ2v) is 7.57. The Hall–Kier alpha value is -3.02. The minimum atomic E-state index is -4.42. The van der Waals surface area contributed by atoms with E-state index in [0.717, 1.165) is 39.4 Å². The van der Waals surface area contributed by atoms with Crippen LogP contribution in [0.2, 0.25) is 0 Å². The van der Waals surface area contributed by atoms with Crippen molar-refractivity contribution in [2.24, 2.45) is 4.99 Å². The molecule has 1 atom stereocenters. The number of anilines is 1. The topological polar surface area (TPSA) is 18.8 Å². The summed E-state index contributed by atoms with van der Waals surface area (Å²) < 4.78 is 40.7. The highest BCUT2D eigenvalue weighted by Gasteiger charge is 2.42. The van der Waals surface area contributed by atoms with Crippen LogP contribution in [0, 0.1) is 6.92 Å². The van der Waals surface area contributed by atoms with E-state index in [-0.39, 0.29) is 0 Å². The number of rotatable bonds is 2. The normalized spacial score (nSPS) is 18.9. The summed E-state index contributed by atoms with van der Waals surface area (Å²) in [6.07, 6.45) is 1.39. The van der Waals surface area contributed by atoms with Crippen molar-refractivity contribution in [3.05, 3.63) is 70.8 Å². The second-order valence-electron chi connectivity index (χ2n) is 7.57. The van der Waals surface area contributed by atoms with Crippen LogP contribution < -0.4 is 4.90 Å². The number of nitrogens with zero attached hydrogens (tertiary/aromatic N) is 3. The number of aryl methyl sites for hydroxylation is 1. The highest BCUT2D eigenvalue weighted by Crippen LogP contribution is 2.42. The second kappa shape index (κ2) is 6.79. The van der Waals surface area contributed by atoms with E-state index < -0.39 is 17.8 Å². The summed E-state index contributed by atoms with van der Waals surface area (Å²) in [6, 6.07) is 9.12. The van der Waals surface area contributed by atoms with E-state index in [1.165, 1.54) is 12.4 Å². The molecule has 29 heavy (non-hydrogen) atoms. The molecule has 0 radical (unpaired) electrons. The summed E-state index contributed by atoms with van der Waals surface area (Å²) in [5.74, 6) is 0. The predicted molar refractivity (Wildman–Crippen MR) is 113 cm³/mol. The zero-order valence-corrected chi connectivity index (χ0v) is 16.7. The summed E-state index contributed by atoms with van der Waals surface area (Å²) >= 11 is 0. The summed E-state index contributed by atoms with van der Waals surface area (Å²) in [7, 11) is 5.77. The summed E-state index contributed by atoms with van der Waals surface area (Å²) in [5, 5.41) is 2.20. The first-order chi connectivity index (χ1) is 13.7. The minimum absolute atomic E-state index is 0.563. The molecule has 0 bridgehead atoms. The number of benzene rings is 2. The third kappa shape index (κ3) is 3.12. The molecular formula is C23H22F3N3. The number of alkyl halides is 3. The van der Waals surface area contributed by atoms with E-state index in [4.69, 9.17) is 0 Å². The Bertz CT molecular complexity index is 1100. The van der Waals surface area contributed by atoms with Crippen molar-refractivity contribution >= 4 is 28.5 Å². The van der Waals surface area contributed by atoms with Gasteiger partial charge in [-0.1, -0.05) is 42.5 Å². The molecule has 1 unspecified atom stereocenters. The van der Waals surface area contributed by atoms with Crippen molar-refractivity contribution in [1.82, 2.24) is 4.90 Å². The maximum atomic E-state index is 13.6. The standard InChI is InChI=1S/C23H22F3N3/c1-14-15-8-5-6-9-16(15)20(28(2)3)12-18(14)22-17-10-7-11-19(23(24,25)26)21(17)27-13-29(22)4/h5-13,21H,1-4H3. The number of fused-ring (bicyclic) bond motifs is 2. The van der Waals surface area contributed by atoms with Crippen LogP contribution in [0.25, 0.3) is 16.5 Å². The first-order valence-electron chi connectivity index (χ1n) is 9.36. The molecule has 1 aliphatic heterocycles. The van der Waals surface area contributed by atoms with Crippen molar-refractivity contribution in [3.8, 4) is 0 Å². The fourth-order valence-electron chi connectivity index (χ4n) is 4.11. The van der Waals surface area contributed by atoms with E-state index in [1.807, 2.05) is 50.0 Å². The fourth-order valence-corrected chi connectivity index (χ4v) is 4.11. The van der Waals surface area contributed by atoms with E-state index in [9.17, 15) is 13.2 Å². The highest BCUT2D eigenvalue weighted by atomic mass is 19.4. The van der Waals surface area contributed by atoms with E-state index >= 15 is 0 Å². The molecule has 0 fully saturated rings. The summed E-state index contributed by atoms with van der Waals surface area (Å²) in [6.45, 7) is 2.02. The Balaban J connectivity index is 2.00. The first-order valence-corrected chi connectivity index (χ1v) is 9.36. The van der Waals surface area contributed by atoms with Gasteiger partial charge >= 0.3 is 6.18 Å². The monoisotopic (exact) mass is 397 g/mol. The molecule has 2 aliphatic rings. The smallest absolute Gasteiger partial charge is 0.377 e. The van der Waals surface area contributed by atoms with Gasteiger partial charge < -0.3 is 9.80 Å². The van der Waals surface area contributed by atoms with Crippen LogP contribution in [0.3, 0.4) is 0 Å². The van der Waals surface area contributed by atoms with Crippen LogP contribution in [0.1, 0.15) is 11.1 Å². The maximum Gasteiger partial charge on any atom is 0.415 e. The lowest BCUT2D eigenvalue weighted by Gasteiger charge is -2.33. The molecule has 1 aliphatic carbocycles. The first kappa shape index (κ1) is 19.3. The fraction of sp³-hybridized carbons (Fsp3) is 0.261. The van der Waals surface area contributed by atoms with Gasteiger partial charge in [0.1, 0.15) is 6.04 Å². The van der Waals surface area contributed by atoms with Gasteiger partial charge in [-0.3, -0.25) is 4.99 Å². The summed E-state index contributed by atoms with van der Waals surface area (Å²) in [5.41, 5.74) is 3.65. The molecule has 2 aromatic rings. The highest BCUT2D eigenvalue weighted by molar-refractivity contribution is 6.01. The van der Waals surface area contributed by atoms with Gasteiger partial charge in [-0.25, -0.2) is 0 Å². The zero-order valence-electron chi connectivity index (χ0n) is 16.7. The van der Waals surface area contributed by atoms with Crippen molar-refractivity contribution in [2.45, 2.75) is 19.1 Å². The van der Waals surface area contributed by atoms with Gasteiger partial charge in [0.15, 0.2) is 0 Å². The number of halogens is 3. The Morgan fingerprint density at radius 3 is 2.45 bits per heavy atom. The number of allylic oxidation sites excluding steroid dienone is 2. The van der Waals surface area contributed by atoms with Gasteiger partial charge in [0.2, 0.25) is 0 Å². The lowest BCUT2D eigenvalue weighted by Crippen LogP contribution is -2.33. The van der Waals surface area contributed by atoms with Crippen molar-refractivity contribution in [1.29, 1.82) is 0 Å². The van der Waals surface area contributed by atoms with Crippen LogP contribution in [-0.4, -0.2) is 44.6 Å². The van der Waals surface area contributed by atoms with Crippen LogP contribution in [0.5, 0.6) is 0 Å². The molecule has 0 saturated heterocycles. The molecule has 2 aromatic carbocycles.